The number of nitrogens with zero attached hydrogens (tertiary/aromatic N) is 2. The Labute approximate surface area is 98.5 Å². The van der Waals surface area contributed by atoms with Crippen LogP contribution >= 0.6 is 11.3 Å². The summed E-state index contributed by atoms with van der Waals surface area (Å²) in [5.74, 6) is 1.38. The summed E-state index contributed by atoms with van der Waals surface area (Å²) < 4.78 is 5.15. The quantitative estimate of drug-likeness (QED) is 0.863. The maximum absolute atomic E-state index is 5.82. The lowest BCUT2D eigenvalue weighted by atomic mass is 10.2. The zero-order valence-corrected chi connectivity index (χ0v) is 10.0. The van der Waals surface area contributed by atoms with Crippen molar-refractivity contribution in [2.24, 2.45) is 5.73 Å². The monoisotopic (exact) mass is 237 g/mol. The van der Waals surface area contributed by atoms with Crippen LogP contribution in [-0.4, -0.2) is 16.2 Å². The van der Waals surface area contributed by atoms with Crippen molar-refractivity contribution in [1.29, 1.82) is 0 Å². The Morgan fingerprint density at radius 2 is 2.44 bits per heavy atom. The van der Waals surface area contributed by atoms with Crippen LogP contribution in [0.1, 0.15) is 29.9 Å². The molecule has 0 aliphatic rings. The third-order valence-corrected chi connectivity index (χ3v) is 3.26. The lowest BCUT2D eigenvalue weighted by Crippen LogP contribution is -2.21. The molecule has 2 aromatic rings. The highest BCUT2D eigenvalue weighted by atomic mass is 32.1. The Bertz CT molecular complexity index is 424. The molecule has 0 amide bonds. The van der Waals surface area contributed by atoms with Crippen molar-refractivity contribution >= 4 is 11.3 Å². The standard InChI is InChI=1S/C11H15N3OS/c1-2-8(12)6-11-13-10(14-15-11)7-9-4-3-5-16-9/h3-5,8H,2,6-7,12H2,1H3. The SMILES string of the molecule is CCC(N)Cc1nc(Cc2cccs2)no1. The zero-order chi connectivity index (χ0) is 11.4. The van der Waals surface area contributed by atoms with Gasteiger partial charge in [0, 0.05) is 23.8 Å². The van der Waals surface area contributed by atoms with Gasteiger partial charge >= 0.3 is 0 Å². The van der Waals surface area contributed by atoms with E-state index in [0.717, 1.165) is 18.7 Å². The Morgan fingerprint density at radius 3 is 3.12 bits per heavy atom. The van der Waals surface area contributed by atoms with Crippen LogP contribution in [0.25, 0.3) is 0 Å². The average molecular weight is 237 g/mol. The van der Waals surface area contributed by atoms with E-state index in [1.165, 1.54) is 4.88 Å². The van der Waals surface area contributed by atoms with Gasteiger partial charge in [-0.1, -0.05) is 18.1 Å². The van der Waals surface area contributed by atoms with E-state index in [-0.39, 0.29) is 6.04 Å². The fourth-order valence-corrected chi connectivity index (χ4v) is 2.08. The van der Waals surface area contributed by atoms with Crippen molar-refractivity contribution in [2.45, 2.75) is 32.2 Å². The fourth-order valence-electron chi connectivity index (χ4n) is 1.38. The van der Waals surface area contributed by atoms with E-state index in [1.807, 2.05) is 18.4 Å². The van der Waals surface area contributed by atoms with Gasteiger partial charge in [-0.15, -0.1) is 11.3 Å². The molecule has 1 atom stereocenters. The molecule has 16 heavy (non-hydrogen) atoms. The number of aromatic nitrogens is 2. The lowest BCUT2D eigenvalue weighted by molar-refractivity contribution is 0.363. The van der Waals surface area contributed by atoms with E-state index in [2.05, 4.69) is 16.2 Å². The second-order valence-corrected chi connectivity index (χ2v) is 4.77. The highest BCUT2D eigenvalue weighted by Crippen LogP contribution is 2.13. The van der Waals surface area contributed by atoms with Crippen LogP contribution in [0.15, 0.2) is 22.0 Å². The predicted octanol–water partition coefficient (Wildman–Crippen LogP) is 2.00. The van der Waals surface area contributed by atoms with Crippen LogP contribution in [-0.2, 0) is 12.8 Å². The van der Waals surface area contributed by atoms with Gasteiger partial charge in [0.25, 0.3) is 0 Å². The summed E-state index contributed by atoms with van der Waals surface area (Å²) >= 11 is 1.70. The molecule has 2 aromatic heterocycles. The summed E-state index contributed by atoms with van der Waals surface area (Å²) in [6.07, 6.45) is 2.32. The largest absolute Gasteiger partial charge is 0.339 e. The van der Waals surface area contributed by atoms with Crippen LogP contribution < -0.4 is 5.73 Å². The van der Waals surface area contributed by atoms with Crippen LogP contribution in [0.3, 0.4) is 0 Å². The first-order valence-corrected chi connectivity index (χ1v) is 6.25. The Kier molecular flexibility index (Phi) is 3.69. The van der Waals surface area contributed by atoms with Crippen LogP contribution in [0.5, 0.6) is 0 Å². The molecule has 86 valence electrons. The first-order valence-electron chi connectivity index (χ1n) is 5.37. The zero-order valence-electron chi connectivity index (χ0n) is 9.22. The number of hydrogen-bond acceptors (Lipinski definition) is 5. The average Bonchev–Trinajstić information content (AvgIpc) is 2.91. The third-order valence-electron chi connectivity index (χ3n) is 2.38. The molecule has 5 heteroatoms. The molecule has 0 bridgehead atoms. The van der Waals surface area contributed by atoms with Crippen LogP contribution in [0.4, 0.5) is 0 Å². The molecule has 0 spiro atoms. The summed E-state index contributed by atoms with van der Waals surface area (Å²) in [4.78, 5) is 5.56. The first kappa shape index (κ1) is 11.3. The van der Waals surface area contributed by atoms with Gasteiger partial charge in [0.2, 0.25) is 5.89 Å². The molecule has 0 aromatic carbocycles. The molecule has 1 unspecified atom stereocenters. The second-order valence-electron chi connectivity index (χ2n) is 3.73. The summed E-state index contributed by atoms with van der Waals surface area (Å²) in [5.41, 5.74) is 5.82. The summed E-state index contributed by atoms with van der Waals surface area (Å²) in [6, 6.07) is 4.20. The first-order chi connectivity index (χ1) is 7.78. The molecule has 0 radical (unpaired) electrons. The minimum absolute atomic E-state index is 0.107. The van der Waals surface area contributed by atoms with Crippen molar-refractivity contribution < 1.29 is 4.52 Å². The highest BCUT2D eigenvalue weighted by Gasteiger charge is 2.10. The number of thiophene rings is 1. The molecule has 0 aliphatic carbocycles. The van der Waals surface area contributed by atoms with E-state index < -0.39 is 0 Å². The van der Waals surface area contributed by atoms with E-state index in [4.69, 9.17) is 10.3 Å². The van der Waals surface area contributed by atoms with E-state index >= 15 is 0 Å². The lowest BCUT2D eigenvalue weighted by Gasteiger charge is -2.02. The Balaban J connectivity index is 1.97. The molecule has 0 fully saturated rings. The van der Waals surface area contributed by atoms with Gasteiger partial charge in [0.05, 0.1) is 0 Å². The van der Waals surface area contributed by atoms with Gasteiger partial charge in [0.1, 0.15) is 0 Å². The summed E-state index contributed by atoms with van der Waals surface area (Å²) in [6.45, 7) is 2.05. The molecular weight excluding hydrogens is 222 g/mol. The van der Waals surface area contributed by atoms with Gasteiger partial charge in [-0.05, 0) is 17.9 Å². The van der Waals surface area contributed by atoms with Crippen molar-refractivity contribution in [2.75, 3.05) is 0 Å². The predicted molar refractivity (Wildman–Crippen MR) is 63.4 cm³/mol. The molecular formula is C11H15N3OS. The van der Waals surface area contributed by atoms with Crippen molar-refractivity contribution in [3.63, 3.8) is 0 Å². The molecule has 0 saturated carbocycles. The van der Waals surface area contributed by atoms with Crippen LogP contribution in [0.2, 0.25) is 0 Å². The van der Waals surface area contributed by atoms with Gasteiger partial charge < -0.3 is 10.3 Å². The second kappa shape index (κ2) is 5.23. The fraction of sp³-hybridized carbons (Fsp3) is 0.455. The van der Waals surface area contributed by atoms with E-state index in [1.54, 1.807) is 11.3 Å². The van der Waals surface area contributed by atoms with Crippen molar-refractivity contribution in [1.82, 2.24) is 10.1 Å². The van der Waals surface area contributed by atoms with Crippen LogP contribution in [0, 0.1) is 0 Å². The maximum atomic E-state index is 5.82. The van der Waals surface area contributed by atoms with Gasteiger partial charge in [-0.25, -0.2) is 0 Å². The number of rotatable bonds is 5. The normalized spacial score (nSPS) is 12.9. The molecule has 0 saturated heterocycles. The van der Waals surface area contributed by atoms with Crippen molar-refractivity contribution in [3.8, 4) is 0 Å². The minimum atomic E-state index is 0.107. The van der Waals surface area contributed by atoms with E-state index in [9.17, 15) is 0 Å². The van der Waals surface area contributed by atoms with Crippen molar-refractivity contribution in [3.05, 3.63) is 34.1 Å². The minimum Gasteiger partial charge on any atom is -0.339 e. The molecule has 4 nitrogen and oxygen atoms in total. The third kappa shape index (κ3) is 2.90. The number of hydrogen-bond donors (Lipinski definition) is 1. The molecule has 2 heterocycles. The summed E-state index contributed by atoms with van der Waals surface area (Å²) in [5, 5.41) is 5.99. The number of nitrogens with two attached hydrogens (primary N) is 1. The highest BCUT2D eigenvalue weighted by molar-refractivity contribution is 7.09. The van der Waals surface area contributed by atoms with E-state index in [0.29, 0.717) is 12.3 Å². The Morgan fingerprint density at radius 1 is 1.56 bits per heavy atom. The smallest absolute Gasteiger partial charge is 0.228 e. The Hall–Kier alpha value is -1.20. The summed E-state index contributed by atoms with van der Waals surface area (Å²) in [7, 11) is 0. The van der Waals surface area contributed by atoms with Gasteiger partial charge in [0.15, 0.2) is 5.82 Å². The molecule has 0 aliphatic heterocycles. The molecule has 2 N–H and O–H groups in total. The molecule has 2 rings (SSSR count). The maximum Gasteiger partial charge on any atom is 0.228 e. The van der Waals surface area contributed by atoms with Gasteiger partial charge in [-0.3, -0.25) is 0 Å². The topological polar surface area (TPSA) is 64.9 Å². The van der Waals surface area contributed by atoms with Gasteiger partial charge in [-0.2, -0.15) is 4.98 Å².